The molecule has 2 atom stereocenters. The number of rotatable bonds is 1. The lowest BCUT2D eigenvalue weighted by atomic mass is 9.76. The van der Waals surface area contributed by atoms with Crippen molar-refractivity contribution in [2.24, 2.45) is 11.8 Å². The van der Waals surface area contributed by atoms with E-state index in [0.717, 1.165) is 11.8 Å². The van der Waals surface area contributed by atoms with Gasteiger partial charge in [0.05, 0.1) is 11.2 Å². The molecule has 0 amide bonds. The Bertz CT molecular complexity index is 380. The van der Waals surface area contributed by atoms with Crippen molar-refractivity contribution in [1.29, 1.82) is 0 Å². The van der Waals surface area contributed by atoms with Gasteiger partial charge in [-0.3, -0.25) is 0 Å². The second kappa shape index (κ2) is 7.15. The molecule has 2 aliphatic carbocycles. The van der Waals surface area contributed by atoms with Crippen LogP contribution in [0.5, 0.6) is 0 Å². The summed E-state index contributed by atoms with van der Waals surface area (Å²) >= 11 is 0. The van der Waals surface area contributed by atoms with E-state index in [2.05, 4.69) is 59.8 Å². The molecule has 0 radical (unpaired) electrons. The Balaban J connectivity index is 0.000000395. The zero-order valence-electron chi connectivity index (χ0n) is 15.2. The molecule has 2 fully saturated rings. The first kappa shape index (κ1) is 18.5. The molecule has 3 aliphatic rings. The van der Waals surface area contributed by atoms with E-state index in [1.165, 1.54) is 18.3 Å². The molecule has 3 rings (SSSR count). The van der Waals surface area contributed by atoms with Gasteiger partial charge < -0.3 is 9.31 Å². The van der Waals surface area contributed by atoms with E-state index >= 15 is 0 Å². The summed E-state index contributed by atoms with van der Waals surface area (Å²) in [6.07, 6.45) is 9.35. The van der Waals surface area contributed by atoms with Gasteiger partial charge >= 0.3 is 7.12 Å². The molecule has 1 saturated heterocycles. The molecule has 0 aromatic rings. The maximum atomic E-state index is 6.03. The van der Waals surface area contributed by atoms with Crippen LogP contribution in [0.4, 0.5) is 0 Å². The highest BCUT2D eigenvalue weighted by Crippen LogP contribution is 2.46. The molecule has 120 valence electrons. The van der Waals surface area contributed by atoms with Crippen LogP contribution < -0.4 is 0 Å². The van der Waals surface area contributed by atoms with Crippen molar-refractivity contribution in [2.45, 2.75) is 79.4 Å². The lowest BCUT2D eigenvalue weighted by molar-refractivity contribution is 0.00578. The fourth-order valence-electron chi connectivity index (χ4n) is 2.32. The summed E-state index contributed by atoms with van der Waals surface area (Å²) in [7, 11) is -0.178. The van der Waals surface area contributed by atoms with Gasteiger partial charge in [0, 0.05) is 0 Å². The lowest BCUT2D eigenvalue weighted by Gasteiger charge is -2.32. The van der Waals surface area contributed by atoms with E-state index in [-0.39, 0.29) is 18.3 Å². The molecular weight excluding hydrogens is 259 g/mol. The first-order chi connectivity index (χ1) is 9.80. The molecule has 0 spiro atoms. The molecule has 0 bridgehead atoms. The number of fused-ring (bicyclic) bond motifs is 1. The summed E-state index contributed by atoms with van der Waals surface area (Å²) in [4.78, 5) is 0. The van der Waals surface area contributed by atoms with E-state index in [4.69, 9.17) is 9.31 Å². The van der Waals surface area contributed by atoms with Crippen LogP contribution in [0.15, 0.2) is 23.7 Å². The second-order valence-corrected chi connectivity index (χ2v) is 6.88. The van der Waals surface area contributed by atoms with Gasteiger partial charge in [0.25, 0.3) is 0 Å². The Kier molecular flexibility index (Phi) is 6.30. The average molecular weight is 292 g/mol. The van der Waals surface area contributed by atoms with Crippen LogP contribution in [0.2, 0.25) is 0 Å². The van der Waals surface area contributed by atoms with Crippen molar-refractivity contribution in [3.05, 3.63) is 23.7 Å². The third kappa shape index (κ3) is 4.23. The van der Waals surface area contributed by atoms with Crippen LogP contribution >= 0.6 is 0 Å². The van der Waals surface area contributed by atoms with E-state index in [1.807, 2.05) is 13.8 Å². The molecule has 1 heterocycles. The molecule has 0 aromatic heterocycles. The quantitative estimate of drug-likeness (QED) is 0.619. The lowest BCUT2D eigenvalue weighted by Crippen LogP contribution is -2.41. The number of hydrogen-bond donors (Lipinski definition) is 0. The third-order valence-corrected chi connectivity index (χ3v) is 4.36. The van der Waals surface area contributed by atoms with Crippen LogP contribution in [-0.2, 0) is 9.31 Å². The van der Waals surface area contributed by atoms with Crippen LogP contribution in [0.3, 0.4) is 0 Å². The summed E-state index contributed by atoms with van der Waals surface area (Å²) in [6, 6.07) is 0. The van der Waals surface area contributed by atoms with E-state index < -0.39 is 0 Å². The smallest absolute Gasteiger partial charge is 0.399 e. The van der Waals surface area contributed by atoms with Crippen molar-refractivity contribution in [3.8, 4) is 0 Å². The van der Waals surface area contributed by atoms with Gasteiger partial charge in [0.15, 0.2) is 0 Å². The Hall–Kier alpha value is -0.535. The molecule has 1 aliphatic heterocycles. The van der Waals surface area contributed by atoms with E-state index in [1.54, 1.807) is 0 Å². The van der Waals surface area contributed by atoms with Gasteiger partial charge in [-0.25, -0.2) is 0 Å². The Morgan fingerprint density at radius 2 is 1.52 bits per heavy atom. The Labute approximate surface area is 132 Å². The van der Waals surface area contributed by atoms with Gasteiger partial charge in [0.1, 0.15) is 0 Å². The molecule has 2 unspecified atom stereocenters. The largest absolute Gasteiger partial charge is 0.494 e. The minimum atomic E-state index is -0.229. The highest BCUT2D eigenvalue weighted by atomic mass is 16.7. The normalized spacial score (nSPS) is 30.3. The Morgan fingerprint density at radius 3 is 1.95 bits per heavy atom. The minimum absolute atomic E-state index is 0.178. The van der Waals surface area contributed by atoms with Crippen LogP contribution in [0, 0.1) is 11.8 Å². The van der Waals surface area contributed by atoms with Crippen LogP contribution in [0.1, 0.15) is 68.2 Å². The van der Waals surface area contributed by atoms with Gasteiger partial charge in [-0.05, 0) is 51.4 Å². The summed E-state index contributed by atoms with van der Waals surface area (Å²) < 4.78 is 12.1. The van der Waals surface area contributed by atoms with Crippen molar-refractivity contribution in [2.75, 3.05) is 0 Å². The van der Waals surface area contributed by atoms with Crippen molar-refractivity contribution in [1.82, 2.24) is 0 Å². The maximum Gasteiger partial charge on any atom is 0.494 e. The summed E-state index contributed by atoms with van der Waals surface area (Å²) in [5, 5.41) is 0. The maximum absolute atomic E-state index is 6.03. The summed E-state index contributed by atoms with van der Waals surface area (Å²) in [5.41, 5.74) is 0.747. The van der Waals surface area contributed by atoms with Gasteiger partial charge in [-0.15, -0.1) is 0 Å². The number of hydrogen-bond acceptors (Lipinski definition) is 2. The third-order valence-electron chi connectivity index (χ3n) is 4.36. The minimum Gasteiger partial charge on any atom is -0.399 e. The first-order valence-corrected chi connectivity index (χ1v) is 8.56. The highest BCUT2D eigenvalue weighted by molar-refractivity contribution is 6.55. The fraction of sp³-hybridized carbons (Fsp3) is 0.778. The topological polar surface area (TPSA) is 18.5 Å². The zero-order chi connectivity index (χ0) is 16.3. The van der Waals surface area contributed by atoms with Gasteiger partial charge in [0.2, 0.25) is 0 Å². The average Bonchev–Trinajstić information content (AvgIpc) is 3.14. The predicted octanol–water partition coefficient (Wildman–Crippen LogP) is 5.19. The van der Waals surface area contributed by atoms with Crippen molar-refractivity contribution in [3.63, 3.8) is 0 Å². The van der Waals surface area contributed by atoms with Crippen LogP contribution in [0.25, 0.3) is 0 Å². The number of allylic oxidation sites excluding steroid dienone is 4. The molecule has 0 aromatic carbocycles. The van der Waals surface area contributed by atoms with E-state index in [0.29, 0.717) is 0 Å². The highest BCUT2D eigenvalue weighted by Gasteiger charge is 2.52. The van der Waals surface area contributed by atoms with Crippen LogP contribution in [-0.4, -0.2) is 18.3 Å². The summed E-state index contributed by atoms with van der Waals surface area (Å²) in [6.45, 7) is 16.6. The monoisotopic (exact) mass is 292 g/mol. The zero-order valence-corrected chi connectivity index (χ0v) is 15.2. The SMILES string of the molecule is CC.CC1(C)OB(C2=CC3CC3C=C2)OC1(C)C.CCC. The second-order valence-electron chi connectivity index (χ2n) is 6.88. The molecule has 0 N–H and O–H groups in total. The molecule has 21 heavy (non-hydrogen) atoms. The molecular formula is C18H33BO2. The van der Waals surface area contributed by atoms with Gasteiger partial charge in [-0.2, -0.15) is 0 Å². The van der Waals surface area contributed by atoms with Gasteiger partial charge in [-0.1, -0.05) is 52.3 Å². The van der Waals surface area contributed by atoms with Crippen molar-refractivity contribution < 1.29 is 9.31 Å². The molecule has 2 nitrogen and oxygen atoms in total. The van der Waals surface area contributed by atoms with E-state index in [9.17, 15) is 0 Å². The predicted molar refractivity (Wildman–Crippen MR) is 92.2 cm³/mol. The Morgan fingerprint density at radius 1 is 1.05 bits per heavy atom. The fourth-order valence-corrected chi connectivity index (χ4v) is 2.32. The molecule has 1 saturated carbocycles. The standard InChI is InChI=1S/C13H19BO2.C3H8.C2H6/c1-12(2)13(3,4)16-14(15-12)11-6-5-9-7-10(9)8-11;1-3-2;1-2/h5-6,8-10H,7H2,1-4H3;3H2,1-2H3;1-2H3. The van der Waals surface area contributed by atoms with Crippen molar-refractivity contribution >= 4 is 7.12 Å². The summed E-state index contributed by atoms with van der Waals surface area (Å²) in [5.74, 6) is 1.55. The first-order valence-electron chi connectivity index (χ1n) is 8.56. The molecule has 3 heteroatoms.